The molecule has 2 heterocycles. The van der Waals surface area contributed by atoms with Crippen LogP contribution >= 0.6 is 11.3 Å². The molecule has 0 radical (unpaired) electrons. The van der Waals surface area contributed by atoms with Gasteiger partial charge in [-0.05, 0) is 54.3 Å². The standard InChI is InChI=1S/C27H22N4O3S/c1-34-21-12-14-22-19(15-21)9-13-23-25(22)29-30(26(23)18-5-3-2-4-6-18)27-28-24(16-35-27)17-7-10-20(11-8-17)31(32)33/h2-8,10-12,14-16,23,26H,9,13H2,1H3/t23-,26+/m0/s1. The first-order valence-corrected chi connectivity index (χ1v) is 12.3. The lowest BCUT2D eigenvalue weighted by Crippen LogP contribution is -2.28. The zero-order valence-corrected chi connectivity index (χ0v) is 19.8. The minimum atomic E-state index is -0.393. The highest BCUT2D eigenvalue weighted by atomic mass is 32.1. The number of rotatable bonds is 5. The van der Waals surface area contributed by atoms with Gasteiger partial charge in [-0.2, -0.15) is 5.10 Å². The minimum Gasteiger partial charge on any atom is -0.497 e. The molecule has 174 valence electrons. The van der Waals surface area contributed by atoms with Gasteiger partial charge in [0.15, 0.2) is 0 Å². The number of anilines is 1. The maximum Gasteiger partial charge on any atom is 0.269 e. The third-order valence-electron chi connectivity index (χ3n) is 6.73. The molecule has 4 aromatic rings. The van der Waals surface area contributed by atoms with Crippen LogP contribution in [0.4, 0.5) is 10.8 Å². The van der Waals surface area contributed by atoms with Crippen LogP contribution in [-0.4, -0.2) is 22.7 Å². The van der Waals surface area contributed by atoms with Crippen LogP contribution in [0.2, 0.25) is 0 Å². The summed E-state index contributed by atoms with van der Waals surface area (Å²) in [7, 11) is 1.69. The Hall–Kier alpha value is -4.04. The van der Waals surface area contributed by atoms with Crippen LogP contribution in [0.25, 0.3) is 11.3 Å². The van der Waals surface area contributed by atoms with Crippen LogP contribution in [0.15, 0.2) is 83.3 Å². The molecular weight excluding hydrogens is 460 g/mol. The minimum absolute atomic E-state index is 0.0531. The quantitative estimate of drug-likeness (QED) is 0.248. The molecule has 0 spiro atoms. The number of ether oxygens (including phenoxy) is 1. The summed E-state index contributed by atoms with van der Waals surface area (Å²) in [4.78, 5) is 15.5. The van der Waals surface area contributed by atoms with Gasteiger partial charge in [0.05, 0.1) is 29.5 Å². The van der Waals surface area contributed by atoms with E-state index in [1.165, 1.54) is 40.2 Å². The highest BCUT2D eigenvalue weighted by molar-refractivity contribution is 7.14. The van der Waals surface area contributed by atoms with Crippen LogP contribution in [0.3, 0.4) is 0 Å². The van der Waals surface area contributed by atoms with Crippen molar-refractivity contribution in [1.29, 1.82) is 0 Å². The number of hydrogen-bond acceptors (Lipinski definition) is 7. The molecule has 0 saturated carbocycles. The zero-order chi connectivity index (χ0) is 23.9. The molecule has 8 heteroatoms. The number of hydrazone groups is 1. The lowest BCUT2D eigenvalue weighted by molar-refractivity contribution is -0.384. The maximum absolute atomic E-state index is 11.0. The first-order chi connectivity index (χ1) is 17.1. The Morgan fingerprint density at radius 2 is 1.89 bits per heavy atom. The summed E-state index contributed by atoms with van der Waals surface area (Å²) in [6, 6.07) is 23.3. The van der Waals surface area contributed by atoms with E-state index in [9.17, 15) is 10.1 Å². The number of nitro benzene ring substituents is 1. The lowest BCUT2D eigenvalue weighted by atomic mass is 9.77. The average molecular weight is 483 g/mol. The Bertz CT molecular complexity index is 1430. The van der Waals surface area contributed by atoms with Gasteiger partial charge in [0.2, 0.25) is 5.13 Å². The second-order valence-corrected chi connectivity index (χ2v) is 9.51. The predicted octanol–water partition coefficient (Wildman–Crippen LogP) is 6.25. The van der Waals surface area contributed by atoms with E-state index < -0.39 is 4.92 Å². The number of benzene rings is 3. The van der Waals surface area contributed by atoms with Crippen molar-refractivity contribution in [3.05, 3.63) is 105 Å². The van der Waals surface area contributed by atoms with Gasteiger partial charge in [0.25, 0.3) is 5.69 Å². The molecule has 1 aliphatic heterocycles. The summed E-state index contributed by atoms with van der Waals surface area (Å²) in [5, 5.41) is 21.0. The van der Waals surface area contributed by atoms with E-state index in [4.69, 9.17) is 14.8 Å². The molecule has 0 fully saturated rings. The highest BCUT2D eigenvalue weighted by Crippen LogP contribution is 2.46. The molecular formula is C27H22N4O3S. The summed E-state index contributed by atoms with van der Waals surface area (Å²) >= 11 is 1.54. The van der Waals surface area contributed by atoms with Gasteiger partial charge in [0, 0.05) is 34.6 Å². The number of aromatic nitrogens is 1. The highest BCUT2D eigenvalue weighted by Gasteiger charge is 2.43. The van der Waals surface area contributed by atoms with Crippen LogP contribution in [0, 0.1) is 16.0 Å². The maximum atomic E-state index is 11.0. The van der Waals surface area contributed by atoms with E-state index >= 15 is 0 Å². The van der Waals surface area contributed by atoms with Gasteiger partial charge in [-0.3, -0.25) is 10.1 Å². The molecule has 1 aromatic heterocycles. The molecule has 0 amide bonds. The van der Waals surface area contributed by atoms with Crippen molar-refractivity contribution < 1.29 is 9.66 Å². The Morgan fingerprint density at radius 3 is 2.63 bits per heavy atom. The number of nitrogens with zero attached hydrogens (tertiary/aromatic N) is 4. The molecule has 6 rings (SSSR count). The molecule has 3 aromatic carbocycles. The SMILES string of the molecule is COc1ccc2c(c1)CC[C@H]1C2=NN(c2nc(-c3ccc([N+](=O)[O-])cc3)cs2)[C@@H]1c1ccccc1. The van der Waals surface area contributed by atoms with Gasteiger partial charge in [0.1, 0.15) is 5.75 Å². The third-order valence-corrected chi connectivity index (χ3v) is 7.56. The normalized spacial score (nSPS) is 18.5. The molecule has 0 N–H and O–H groups in total. The summed E-state index contributed by atoms with van der Waals surface area (Å²) in [6.07, 6.45) is 1.97. The Labute approximate surface area is 206 Å². The molecule has 1 aliphatic carbocycles. The molecule has 2 atom stereocenters. The fraction of sp³-hybridized carbons (Fsp3) is 0.185. The Balaban J connectivity index is 1.41. The van der Waals surface area contributed by atoms with Crippen molar-refractivity contribution in [1.82, 2.24) is 4.98 Å². The van der Waals surface area contributed by atoms with Gasteiger partial charge >= 0.3 is 0 Å². The summed E-state index contributed by atoms with van der Waals surface area (Å²) in [6.45, 7) is 0. The number of aryl methyl sites for hydroxylation is 1. The van der Waals surface area contributed by atoms with Gasteiger partial charge in [-0.25, -0.2) is 9.99 Å². The molecule has 0 bridgehead atoms. The van der Waals surface area contributed by atoms with Crippen LogP contribution in [0.5, 0.6) is 5.75 Å². The lowest BCUT2D eigenvalue weighted by Gasteiger charge is -2.29. The van der Waals surface area contributed by atoms with E-state index in [-0.39, 0.29) is 17.6 Å². The second-order valence-electron chi connectivity index (χ2n) is 8.67. The number of nitro groups is 1. The summed E-state index contributed by atoms with van der Waals surface area (Å²) in [5.41, 5.74) is 6.44. The van der Waals surface area contributed by atoms with Gasteiger partial charge < -0.3 is 4.74 Å². The first kappa shape index (κ1) is 21.5. The van der Waals surface area contributed by atoms with Crippen molar-refractivity contribution in [2.75, 3.05) is 12.1 Å². The van der Waals surface area contributed by atoms with Crippen LogP contribution in [-0.2, 0) is 6.42 Å². The fourth-order valence-electron chi connectivity index (χ4n) is 5.03. The van der Waals surface area contributed by atoms with Crippen LogP contribution < -0.4 is 9.75 Å². The van der Waals surface area contributed by atoms with E-state index in [1.807, 2.05) is 17.5 Å². The second kappa shape index (κ2) is 8.63. The monoisotopic (exact) mass is 482 g/mol. The molecule has 35 heavy (non-hydrogen) atoms. The summed E-state index contributed by atoms with van der Waals surface area (Å²) in [5.74, 6) is 1.12. The van der Waals surface area contributed by atoms with Crippen molar-refractivity contribution in [2.24, 2.45) is 11.0 Å². The number of non-ortho nitro benzene ring substituents is 1. The number of fused-ring (bicyclic) bond motifs is 3. The molecule has 2 aliphatic rings. The van der Waals surface area contributed by atoms with Crippen molar-refractivity contribution in [2.45, 2.75) is 18.9 Å². The van der Waals surface area contributed by atoms with E-state index in [0.29, 0.717) is 0 Å². The number of thiazole rings is 1. The smallest absolute Gasteiger partial charge is 0.269 e. The van der Waals surface area contributed by atoms with Crippen molar-refractivity contribution >= 4 is 27.9 Å². The molecule has 7 nitrogen and oxygen atoms in total. The van der Waals surface area contributed by atoms with Crippen LogP contribution in [0.1, 0.15) is 29.2 Å². The van der Waals surface area contributed by atoms with E-state index in [2.05, 4.69) is 41.4 Å². The third kappa shape index (κ3) is 3.76. The van der Waals surface area contributed by atoms with Crippen molar-refractivity contribution in [3.63, 3.8) is 0 Å². The zero-order valence-electron chi connectivity index (χ0n) is 19.0. The first-order valence-electron chi connectivity index (χ1n) is 11.4. The van der Waals surface area contributed by atoms with Gasteiger partial charge in [-0.15, -0.1) is 11.3 Å². The summed E-state index contributed by atoms with van der Waals surface area (Å²) < 4.78 is 5.44. The molecule has 0 saturated heterocycles. The van der Waals surface area contributed by atoms with Gasteiger partial charge in [-0.1, -0.05) is 30.3 Å². The van der Waals surface area contributed by atoms with E-state index in [0.717, 1.165) is 40.7 Å². The average Bonchev–Trinajstić information content (AvgIpc) is 3.54. The Kier molecular flexibility index (Phi) is 5.30. The fourth-order valence-corrected chi connectivity index (χ4v) is 5.85. The largest absolute Gasteiger partial charge is 0.497 e. The predicted molar refractivity (Wildman–Crippen MR) is 137 cm³/mol. The Morgan fingerprint density at radius 1 is 1.09 bits per heavy atom. The molecule has 0 unspecified atom stereocenters. The topological polar surface area (TPSA) is 80.9 Å². The van der Waals surface area contributed by atoms with E-state index in [1.54, 1.807) is 19.2 Å². The van der Waals surface area contributed by atoms with Crippen molar-refractivity contribution in [3.8, 4) is 17.0 Å². The number of hydrogen-bond donors (Lipinski definition) is 0. The number of methoxy groups -OCH3 is 1.